The van der Waals surface area contributed by atoms with Crippen LogP contribution in [0.4, 0.5) is 0 Å². The molecule has 2 rings (SSSR count). The summed E-state index contributed by atoms with van der Waals surface area (Å²) in [6.45, 7) is 2.70. The van der Waals surface area contributed by atoms with Crippen LogP contribution in [0.3, 0.4) is 0 Å². The third kappa shape index (κ3) is 3.97. The molecule has 6 heteroatoms. The monoisotopic (exact) mass is 361 g/mol. The van der Waals surface area contributed by atoms with E-state index >= 15 is 0 Å². The van der Waals surface area contributed by atoms with Crippen LogP contribution in [0.15, 0.2) is 22.7 Å². The van der Waals surface area contributed by atoms with Crippen LogP contribution in [0, 0.1) is 0 Å². The van der Waals surface area contributed by atoms with Crippen molar-refractivity contribution < 1.29 is 9.59 Å². The Kier molecular flexibility index (Phi) is 4.92. The molecule has 0 aliphatic carbocycles. The van der Waals surface area contributed by atoms with Crippen molar-refractivity contribution in [3.63, 3.8) is 0 Å². The molecule has 0 radical (unpaired) electrons. The summed E-state index contributed by atoms with van der Waals surface area (Å²) in [5, 5.41) is 0.779. The molecule has 1 aromatic carbocycles. The van der Waals surface area contributed by atoms with E-state index in [2.05, 4.69) is 15.9 Å². The maximum atomic E-state index is 11.9. The van der Waals surface area contributed by atoms with Crippen LogP contribution in [-0.2, 0) is 16.1 Å². The van der Waals surface area contributed by atoms with E-state index in [4.69, 9.17) is 11.6 Å². The fourth-order valence-corrected chi connectivity index (χ4v) is 3.46. The molecule has 1 amide bonds. The highest BCUT2D eigenvalue weighted by molar-refractivity contribution is 9.10. The fourth-order valence-electron chi connectivity index (χ4n) is 2.06. The molecule has 3 nitrogen and oxygen atoms in total. The molecule has 19 heavy (non-hydrogen) atoms. The van der Waals surface area contributed by atoms with E-state index in [9.17, 15) is 9.59 Å². The lowest BCUT2D eigenvalue weighted by molar-refractivity contribution is -0.128. The maximum Gasteiger partial charge on any atom is 0.224 e. The fraction of sp³-hybridized carbons (Fsp3) is 0.385. The Bertz CT molecular complexity index is 523. The predicted molar refractivity (Wildman–Crippen MR) is 81.2 cm³/mol. The summed E-state index contributed by atoms with van der Waals surface area (Å²) < 4.78 is 0.843. The number of thioether (sulfide) groups is 1. The number of halogens is 2. The number of carbonyl (C=O) groups excluding carboxylic acids is 2. The van der Waals surface area contributed by atoms with Gasteiger partial charge in [-0.15, -0.1) is 0 Å². The van der Waals surface area contributed by atoms with Gasteiger partial charge in [0.15, 0.2) is 5.12 Å². The van der Waals surface area contributed by atoms with Crippen molar-refractivity contribution in [2.45, 2.75) is 25.1 Å². The number of hydrogen-bond donors (Lipinski definition) is 0. The van der Waals surface area contributed by atoms with Gasteiger partial charge in [-0.25, -0.2) is 0 Å². The quantitative estimate of drug-likeness (QED) is 0.826. The number of amides is 1. The smallest absolute Gasteiger partial charge is 0.224 e. The molecule has 0 bridgehead atoms. The van der Waals surface area contributed by atoms with Crippen molar-refractivity contribution >= 4 is 50.3 Å². The van der Waals surface area contributed by atoms with Gasteiger partial charge in [0.2, 0.25) is 5.91 Å². The lowest BCUT2D eigenvalue weighted by Crippen LogP contribution is -2.25. The predicted octanol–water partition coefficient (Wildman–Crippen LogP) is 3.48. The van der Waals surface area contributed by atoms with Gasteiger partial charge in [-0.05, 0) is 33.6 Å². The Balaban J connectivity index is 2.01. The third-order valence-corrected chi connectivity index (χ3v) is 5.08. The molecule has 1 unspecified atom stereocenters. The van der Waals surface area contributed by atoms with Gasteiger partial charge in [0.25, 0.3) is 0 Å². The molecule has 0 N–H and O–H groups in total. The molecular formula is C13H13BrClNO2S. The largest absolute Gasteiger partial charge is 0.337 e. The second-order valence-corrected chi connectivity index (χ2v) is 7.20. The van der Waals surface area contributed by atoms with E-state index < -0.39 is 0 Å². The topological polar surface area (TPSA) is 37.4 Å². The zero-order valence-electron chi connectivity index (χ0n) is 10.4. The summed E-state index contributed by atoms with van der Waals surface area (Å²) in [4.78, 5) is 24.7. The summed E-state index contributed by atoms with van der Waals surface area (Å²) in [5.41, 5.74) is 0.995. The molecule has 0 saturated carbocycles. The average Bonchev–Trinajstić information content (AvgIpc) is 2.63. The molecule has 1 heterocycles. The van der Waals surface area contributed by atoms with Crippen molar-refractivity contribution in [1.82, 2.24) is 4.90 Å². The summed E-state index contributed by atoms with van der Waals surface area (Å²) in [6.07, 6.45) is 0.439. The van der Waals surface area contributed by atoms with Gasteiger partial charge in [0.1, 0.15) is 0 Å². The van der Waals surface area contributed by atoms with Gasteiger partial charge in [0.05, 0.1) is 5.02 Å². The number of likely N-dealkylation sites (tertiary alicyclic amines) is 1. The van der Waals surface area contributed by atoms with Crippen LogP contribution in [-0.4, -0.2) is 27.7 Å². The zero-order chi connectivity index (χ0) is 14.0. The Morgan fingerprint density at radius 1 is 1.58 bits per heavy atom. The number of benzene rings is 1. The maximum absolute atomic E-state index is 11.9. The Hall–Kier alpha value is -0.520. The molecule has 1 aliphatic heterocycles. The summed E-state index contributed by atoms with van der Waals surface area (Å²) in [6, 6.07) is 5.67. The third-order valence-electron chi connectivity index (χ3n) is 2.87. The van der Waals surface area contributed by atoms with Crippen molar-refractivity contribution in [2.24, 2.45) is 0 Å². The number of nitrogens with zero attached hydrogens (tertiary/aromatic N) is 1. The first-order valence-electron chi connectivity index (χ1n) is 5.84. The minimum absolute atomic E-state index is 0.0614. The first-order chi connectivity index (χ1) is 8.95. The molecule has 1 aliphatic rings. The molecule has 0 aromatic heterocycles. The van der Waals surface area contributed by atoms with Crippen molar-refractivity contribution in [1.29, 1.82) is 0 Å². The second kappa shape index (κ2) is 6.29. The Morgan fingerprint density at radius 2 is 2.32 bits per heavy atom. The number of rotatable bonds is 3. The molecular weight excluding hydrogens is 350 g/mol. The normalized spacial score (nSPS) is 19.0. The van der Waals surface area contributed by atoms with Gasteiger partial charge in [-0.1, -0.05) is 29.4 Å². The molecule has 1 fully saturated rings. The first-order valence-corrected chi connectivity index (χ1v) is 7.89. The molecule has 1 saturated heterocycles. The Morgan fingerprint density at radius 3 is 2.95 bits per heavy atom. The van der Waals surface area contributed by atoms with Crippen LogP contribution in [0.5, 0.6) is 0 Å². The van der Waals surface area contributed by atoms with E-state index in [1.807, 2.05) is 18.2 Å². The van der Waals surface area contributed by atoms with Crippen LogP contribution >= 0.6 is 39.3 Å². The van der Waals surface area contributed by atoms with Crippen molar-refractivity contribution in [3.05, 3.63) is 33.3 Å². The van der Waals surface area contributed by atoms with Crippen LogP contribution < -0.4 is 0 Å². The average molecular weight is 363 g/mol. The van der Waals surface area contributed by atoms with Gasteiger partial charge in [-0.3, -0.25) is 9.59 Å². The van der Waals surface area contributed by atoms with E-state index in [0.717, 1.165) is 10.0 Å². The van der Waals surface area contributed by atoms with Crippen LogP contribution in [0.1, 0.15) is 18.9 Å². The van der Waals surface area contributed by atoms with Gasteiger partial charge < -0.3 is 4.90 Å². The zero-order valence-corrected chi connectivity index (χ0v) is 13.5. The van der Waals surface area contributed by atoms with E-state index in [0.29, 0.717) is 24.5 Å². The van der Waals surface area contributed by atoms with Gasteiger partial charge in [-0.2, -0.15) is 0 Å². The van der Waals surface area contributed by atoms with E-state index in [-0.39, 0.29) is 16.3 Å². The van der Waals surface area contributed by atoms with Crippen LogP contribution in [0.2, 0.25) is 5.02 Å². The highest BCUT2D eigenvalue weighted by Crippen LogP contribution is 2.27. The highest BCUT2D eigenvalue weighted by Gasteiger charge is 2.30. The van der Waals surface area contributed by atoms with Crippen molar-refractivity contribution in [2.75, 3.05) is 6.54 Å². The van der Waals surface area contributed by atoms with E-state index in [1.165, 1.54) is 18.7 Å². The van der Waals surface area contributed by atoms with Crippen molar-refractivity contribution in [3.8, 4) is 0 Å². The van der Waals surface area contributed by atoms with Crippen LogP contribution in [0.25, 0.3) is 0 Å². The lowest BCUT2D eigenvalue weighted by Gasteiger charge is -2.16. The number of carbonyl (C=O) groups is 2. The first kappa shape index (κ1) is 14.9. The second-order valence-electron chi connectivity index (χ2n) is 4.46. The standard InChI is InChI=1S/C13H13BrClNO2S/c1-8(17)19-10-5-13(18)16(7-10)6-9-2-3-11(14)12(15)4-9/h2-4,10H,5-7H2,1H3. The van der Waals surface area contributed by atoms with Gasteiger partial charge in [0, 0.05) is 36.2 Å². The van der Waals surface area contributed by atoms with Gasteiger partial charge >= 0.3 is 0 Å². The molecule has 1 atom stereocenters. The molecule has 1 aromatic rings. The molecule has 0 spiro atoms. The minimum Gasteiger partial charge on any atom is -0.337 e. The summed E-state index contributed by atoms with van der Waals surface area (Å²) in [5.74, 6) is 0.0952. The highest BCUT2D eigenvalue weighted by atomic mass is 79.9. The number of hydrogen-bond acceptors (Lipinski definition) is 3. The Labute approximate surface area is 129 Å². The minimum atomic E-state index is 0.0614. The van der Waals surface area contributed by atoms with E-state index in [1.54, 1.807) is 4.90 Å². The lowest BCUT2D eigenvalue weighted by atomic mass is 10.2. The molecule has 102 valence electrons. The SMILES string of the molecule is CC(=O)SC1CC(=O)N(Cc2ccc(Br)c(Cl)c2)C1. The summed E-state index contributed by atoms with van der Waals surface area (Å²) in [7, 11) is 0. The summed E-state index contributed by atoms with van der Waals surface area (Å²) >= 11 is 10.6.